The molecule has 0 atom stereocenters. The van der Waals surface area contributed by atoms with E-state index < -0.39 is 0 Å². The van der Waals surface area contributed by atoms with Crippen LogP contribution < -0.4 is 5.32 Å². The molecular weight excluding hydrogens is 402 g/mol. The van der Waals surface area contributed by atoms with Crippen LogP contribution in [0.5, 0.6) is 0 Å². The minimum Gasteiger partial charge on any atom is -0.463 e. The molecule has 1 aliphatic heterocycles. The summed E-state index contributed by atoms with van der Waals surface area (Å²) in [6.07, 6.45) is 4.75. The predicted molar refractivity (Wildman–Crippen MR) is 124 cm³/mol. The molecule has 1 saturated heterocycles. The molecule has 0 bridgehead atoms. The van der Waals surface area contributed by atoms with Gasteiger partial charge >= 0.3 is 0 Å². The number of benzene rings is 2. The predicted octanol–water partition coefficient (Wildman–Crippen LogP) is 5.37. The van der Waals surface area contributed by atoms with Crippen LogP contribution in [-0.2, 0) is 0 Å². The van der Waals surface area contributed by atoms with E-state index in [1.807, 2.05) is 47.4 Å². The van der Waals surface area contributed by atoms with Gasteiger partial charge in [-0.15, -0.1) is 0 Å². The van der Waals surface area contributed by atoms with Gasteiger partial charge in [0.15, 0.2) is 5.76 Å². The molecule has 6 nitrogen and oxygen atoms in total. The number of piperidine rings is 1. The van der Waals surface area contributed by atoms with Gasteiger partial charge in [0.05, 0.1) is 28.6 Å². The highest BCUT2D eigenvalue weighted by Gasteiger charge is 2.22. The van der Waals surface area contributed by atoms with Crippen molar-refractivity contribution in [3.8, 4) is 11.5 Å². The summed E-state index contributed by atoms with van der Waals surface area (Å²) in [5.41, 5.74) is 2.77. The van der Waals surface area contributed by atoms with Crippen molar-refractivity contribution in [3.05, 3.63) is 84.1 Å². The first-order chi connectivity index (χ1) is 15.7. The lowest BCUT2D eigenvalue weighted by Crippen LogP contribution is -2.36. The van der Waals surface area contributed by atoms with Crippen molar-refractivity contribution in [3.63, 3.8) is 0 Å². The van der Waals surface area contributed by atoms with Crippen LogP contribution in [0.1, 0.15) is 40.0 Å². The lowest BCUT2D eigenvalue weighted by atomic mass is 10.0. The van der Waals surface area contributed by atoms with Crippen molar-refractivity contribution in [2.45, 2.75) is 19.3 Å². The Balaban J connectivity index is 1.50. The van der Waals surface area contributed by atoms with Crippen molar-refractivity contribution < 1.29 is 14.0 Å². The lowest BCUT2D eigenvalue weighted by Gasteiger charge is -2.27. The third-order valence-electron chi connectivity index (χ3n) is 5.78. The van der Waals surface area contributed by atoms with Gasteiger partial charge in [-0.3, -0.25) is 9.59 Å². The van der Waals surface area contributed by atoms with E-state index in [-0.39, 0.29) is 11.8 Å². The number of carbonyl (C=O) groups is 2. The molecule has 6 heteroatoms. The summed E-state index contributed by atoms with van der Waals surface area (Å²) >= 11 is 0. The number of carbonyl (C=O) groups excluding carboxylic acids is 2. The minimum atomic E-state index is -0.296. The Bertz CT molecular complexity index is 1270. The number of furan rings is 1. The van der Waals surface area contributed by atoms with Crippen molar-refractivity contribution >= 4 is 28.4 Å². The fraction of sp³-hybridized carbons (Fsp3) is 0.192. The first-order valence-corrected chi connectivity index (χ1v) is 10.8. The normalized spacial score (nSPS) is 13.8. The fourth-order valence-corrected chi connectivity index (χ4v) is 4.15. The van der Waals surface area contributed by atoms with Crippen LogP contribution >= 0.6 is 0 Å². The molecule has 0 aliphatic carbocycles. The van der Waals surface area contributed by atoms with Gasteiger partial charge in [-0.1, -0.05) is 30.3 Å². The molecule has 160 valence electrons. The van der Waals surface area contributed by atoms with Crippen LogP contribution in [0.25, 0.3) is 22.4 Å². The number of para-hydroxylation sites is 2. The highest BCUT2D eigenvalue weighted by atomic mass is 16.3. The van der Waals surface area contributed by atoms with Crippen LogP contribution in [0.2, 0.25) is 0 Å². The van der Waals surface area contributed by atoms with Crippen molar-refractivity contribution in [1.82, 2.24) is 9.88 Å². The zero-order valence-electron chi connectivity index (χ0n) is 17.6. The number of hydrogen-bond donors (Lipinski definition) is 1. The van der Waals surface area contributed by atoms with Gasteiger partial charge in [0, 0.05) is 18.5 Å². The second kappa shape index (κ2) is 8.67. The molecule has 3 heterocycles. The molecule has 2 aromatic carbocycles. The summed E-state index contributed by atoms with van der Waals surface area (Å²) in [6, 6.07) is 20.0. The van der Waals surface area contributed by atoms with Crippen LogP contribution in [0.4, 0.5) is 5.69 Å². The topological polar surface area (TPSA) is 75.4 Å². The monoisotopic (exact) mass is 425 g/mol. The van der Waals surface area contributed by atoms with Gasteiger partial charge in [0.2, 0.25) is 0 Å². The molecule has 5 rings (SSSR count). The van der Waals surface area contributed by atoms with Crippen LogP contribution in [-0.4, -0.2) is 34.8 Å². The molecule has 32 heavy (non-hydrogen) atoms. The summed E-state index contributed by atoms with van der Waals surface area (Å²) in [5, 5.41) is 3.70. The maximum Gasteiger partial charge on any atom is 0.256 e. The summed E-state index contributed by atoms with van der Waals surface area (Å²) in [6.45, 7) is 1.51. The van der Waals surface area contributed by atoms with E-state index >= 15 is 0 Å². The molecule has 4 aromatic rings. The first-order valence-electron chi connectivity index (χ1n) is 10.8. The molecule has 2 amide bonds. The summed E-state index contributed by atoms with van der Waals surface area (Å²) < 4.78 is 5.49. The zero-order chi connectivity index (χ0) is 21.9. The van der Waals surface area contributed by atoms with Crippen molar-refractivity contribution in [1.29, 1.82) is 0 Å². The number of pyridine rings is 1. The molecule has 0 radical (unpaired) electrons. The Kier molecular flexibility index (Phi) is 5.42. The molecule has 1 fully saturated rings. The van der Waals surface area contributed by atoms with Gasteiger partial charge in [-0.2, -0.15) is 0 Å². The van der Waals surface area contributed by atoms with Gasteiger partial charge in [-0.25, -0.2) is 4.98 Å². The number of hydrogen-bond acceptors (Lipinski definition) is 4. The van der Waals surface area contributed by atoms with E-state index in [0.29, 0.717) is 33.8 Å². The van der Waals surface area contributed by atoms with Crippen LogP contribution in [0.15, 0.2) is 77.4 Å². The van der Waals surface area contributed by atoms with E-state index in [9.17, 15) is 9.59 Å². The number of aromatic nitrogens is 1. The van der Waals surface area contributed by atoms with Gasteiger partial charge in [-0.05, 0) is 55.7 Å². The third-order valence-corrected chi connectivity index (χ3v) is 5.78. The molecular formula is C26H23N3O3. The molecule has 1 N–H and O–H groups in total. The quantitative estimate of drug-likeness (QED) is 0.477. The SMILES string of the molecule is O=C(Nc1ccccc1C(=O)N1CCCCC1)c1cc(-c2ccco2)nc2ccccc12. The van der Waals surface area contributed by atoms with E-state index in [0.717, 1.165) is 37.7 Å². The third kappa shape index (κ3) is 3.87. The number of amides is 2. The number of fused-ring (bicyclic) bond motifs is 1. The van der Waals surface area contributed by atoms with Gasteiger partial charge in [0.1, 0.15) is 5.69 Å². The molecule has 1 aliphatic rings. The second-order valence-corrected chi connectivity index (χ2v) is 7.90. The van der Waals surface area contributed by atoms with Crippen molar-refractivity contribution in [2.24, 2.45) is 0 Å². The second-order valence-electron chi connectivity index (χ2n) is 7.90. The minimum absolute atomic E-state index is 0.0449. The standard InChI is InChI=1S/C26H23N3O3/c30-25(28-22-12-5-3-10-19(22)26(31)29-14-6-1-7-15-29)20-17-23(24-13-8-16-32-24)27-21-11-4-2-9-18(20)21/h2-5,8-13,16-17H,1,6-7,14-15H2,(H,28,30). The summed E-state index contributed by atoms with van der Waals surface area (Å²) in [7, 11) is 0. The Morgan fingerprint density at radius 3 is 2.47 bits per heavy atom. The smallest absolute Gasteiger partial charge is 0.256 e. The highest BCUT2D eigenvalue weighted by Crippen LogP contribution is 2.27. The number of nitrogens with zero attached hydrogens (tertiary/aromatic N) is 2. The van der Waals surface area contributed by atoms with E-state index in [4.69, 9.17) is 4.42 Å². The molecule has 0 spiro atoms. The average Bonchev–Trinajstić information content (AvgIpc) is 3.39. The fourth-order valence-electron chi connectivity index (χ4n) is 4.15. The average molecular weight is 425 g/mol. The molecule has 0 saturated carbocycles. The van der Waals surface area contributed by atoms with E-state index in [1.165, 1.54) is 0 Å². The lowest BCUT2D eigenvalue weighted by molar-refractivity contribution is 0.0725. The summed E-state index contributed by atoms with van der Waals surface area (Å²) in [5.74, 6) is 0.247. The van der Waals surface area contributed by atoms with Gasteiger partial charge in [0.25, 0.3) is 11.8 Å². The van der Waals surface area contributed by atoms with Crippen molar-refractivity contribution in [2.75, 3.05) is 18.4 Å². The largest absolute Gasteiger partial charge is 0.463 e. The Morgan fingerprint density at radius 2 is 1.66 bits per heavy atom. The van der Waals surface area contributed by atoms with E-state index in [1.54, 1.807) is 30.5 Å². The van der Waals surface area contributed by atoms with E-state index in [2.05, 4.69) is 10.3 Å². The molecule has 0 unspecified atom stereocenters. The van der Waals surface area contributed by atoms with Crippen LogP contribution in [0.3, 0.4) is 0 Å². The Morgan fingerprint density at radius 1 is 0.875 bits per heavy atom. The maximum atomic E-state index is 13.4. The number of nitrogens with one attached hydrogen (secondary N) is 1. The highest BCUT2D eigenvalue weighted by molar-refractivity contribution is 6.15. The first kappa shape index (κ1) is 20.0. The zero-order valence-corrected chi connectivity index (χ0v) is 17.6. The Hall–Kier alpha value is -3.93. The Labute approximate surface area is 185 Å². The summed E-state index contributed by atoms with van der Waals surface area (Å²) in [4.78, 5) is 33.0. The molecule has 2 aromatic heterocycles. The number of rotatable bonds is 4. The number of anilines is 1. The van der Waals surface area contributed by atoms with Gasteiger partial charge < -0.3 is 14.6 Å². The number of likely N-dealkylation sites (tertiary alicyclic amines) is 1. The maximum absolute atomic E-state index is 13.4. The van der Waals surface area contributed by atoms with Crippen LogP contribution in [0, 0.1) is 0 Å².